The van der Waals surface area contributed by atoms with Crippen molar-refractivity contribution in [3.8, 4) is 67.5 Å². The third-order valence-electron chi connectivity index (χ3n) is 9.25. The molecule has 4 nitrogen and oxygen atoms in total. The van der Waals surface area contributed by atoms with Crippen LogP contribution in [0.25, 0.3) is 72.5 Å². The molecular formula is C46H36N3OPt-. The first-order valence-electron chi connectivity index (χ1n) is 16.9. The number of hydrogen-bond acceptors (Lipinski definition) is 3. The number of nitrogens with zero attached hydrogens (tertiary/aromatic N) is 3. The molecule has 5 aromatic carbocycles. The number of hydrogen-bond donors (Lipinski definition) is 1. The topological polar surface area (TPSA) is 50.9 Å². The van der Waals surface area contributed by atoms with Gasteiger partial charge in [-0.2, -0.15) is 0 Å². The van der Waals surface area contributed by atoms with Crippen molar-refractivity contribution in [1.82, 2.24) is 14.5 Å². The molecule has 3 heterocycles. The van der Waals surface area contributed by atoms with Crippen LogP contribution in [-0.4, -0.2) is 19.6 Å². The minimum absolute atomic E-state index is 0. The van der Waals surface area contributed by atoms with E-state index in [2.05, 4.69) is 135 Å². The summed E-state index contributed by atoms with van der Waals surface area (Å²) < 4.78 is 2.19. The maximum atomic E-state index is 11.0. The van der Waals surface area contributed by atoms with Gasteiger partial charge < -0.3 is 9.67 Å². The minimum atomic E-state index is -0.000336. The molecule has 3 aromatic heterocycles. The summed E-state index contributed by atoms with van der Waals surface area (Å²) in [6.45, 7) is 6.62. The predicted molar refractivity (Wildman–Crippen MR) is 205 cm³/mol. The SMILES string of the molecule is CC(C)(C)c1ccnc(-c2[c-]c(-c3cc(-c4ccccc4-c4cccc5cn(-c6ccccc6)cc45)cc(-c4ccccc4O)n3)ccc2)c1.[Pt]. The third kappa shape index (κ3) is 6.80. The van der Waals surface area contributed by atoms with Crippen molar-refractivity contribution in [2.75, 3.05) is 0 Å². The van der Waals surface area contributed by atoms with Gasteiger partial charge in [-0.15, -0.1) is 24.3 Å². The van der Waals surface area contributed by atoms with Crippen molar-refractivity contribution < 1.29 is 26.2 Å². The maximum absolute atomic E-state index is 11.0. The number of rotatable bonds is 6. The summed E-state index contributed by atoms with van der Waals surface area (Å²) in [6, 6.07) is 50.9. The van der Waals surface area contributed by atoms with Gasteiger partial charge in [0.05, 0.1) is 5.69 Å². The van der Waals surface area contributed by atoms with Crippen LogP contribution in [0, 0.1) is 6.07 Å². The Kier molecular flexibility index (Phi) is 9.29. The molecule has 0 aliphatic carbocycles. The van der Waals surface area contributed by atoms with Crippen LogP contribution in [0.2, 0.25) is 0 Å². The van der Waals surface area contributed by atoms with Gasteiger partial charge in [0.1, 0.15) is 5.75 Å². The fourth-order valence-corrected chi connectivity index (χ4v) is 6.58. The van der Waals surface area contributed by atoms with Gasteiger partial charge in [0.25, 0.3) is 0 Å². The van der Waals surface area contributed by atoms with Crippen LogP contribution in [0.4, 0.5) is 0 Å². The van der Waals surface area contributed by atoms with Gasteiger partial charge in [0.2, 0.25) is 0 Å². The first-order valence-corrected chi connectivity index (χ1v) is 16.9. The molecular weight excluding hydrogens is 806 g/mol. The van der Waals surface area contributed by atoms with E-state index in [1.165, 1.54) is 16.3 Å². The number of pyridine rings is 2. The van der Waals surface area contributed by atoms with Crippen LogP contribution in [0.15, 0.2) is 158 Å². The average Bonchev–Trinajstić information content (AvgIpc) is 3.60. The van der Waals surface area contributed by atoms with Crippen molar-refractivity contribution in [2.24, 2.45) is 0 Å². The van der Waals surface area contributed by atoms with E-state index in [1.807, 2.05) is 48.7 Å². The van der Waals surface area contributed by atoms with Gasteiger partial charge in [-0.25, -0.2) is 0 Å². The Morgan fingerprint density at radius 2 is 1.24 bits per heavy atom. The molecule has 8 rings (SSSR count). The van der Waals surface area contributed by atoms with E-state index in [0.29, 0.717) is 11.3 Å². The van der Waals surface area contributed by atoms with E-state index < -0.39 is 0 Å². The molecule has 51 heavy (non-hydrogen) atoms. The maximum Gasteiger partial charge on any atom is 0.124 e. The van der Waals surface area contributed by atoms with E-state index in [4.69, 9.17) is 9.97 Å². The summed E-state index contributed by atoms with van der Waals surface area (Å²) in [5.41, 5.74) is 11.4. The summed E-state index contributed by atoms with van der Waals surface area (Å²) in [4.78, 5) is 9.83. The summed E-state index contributed by atoms with van der Waals surface area (Å²) in [5.74, 6) is 0.185. The molecule has 0 saturated carbocycles. The second kappa shape index (κ2) is 14.0. The normalized spacial score (nSPS) is 11.4. The number of phenols is 1. The molecule has 5 heteroatoms. The Morgan fingerprint density at radius 1 is 0.588 bits per heavy atom. The molecule has 0 unspecified atom stereocenters. The minimum Gasteiger partial charge on any atom is -0.507 e. The predicted octanol–water partition coefficient (Wildman–Crippen LogP) is 11.6. The summed E-state index contributed by atoms with van der Waals surface area (Å²) in [7, 11) is 0. The number of fused-ring (bicyclic) bond motifs is 1. The molecule has 1 N–H and O–H groups in total. The zero-order valence-corrected chi connectivity index (χ0v) is 30.9. The standard InChI is InChI=1S/C46H36N3O.Pt/c1-46(2,3)35-23-24-47-42(28-35)31-13-11-14-32(25-31)43-26-34(27-44(48-43)40-20-9-10-22-45(40)50)37-18-7-8-19-38(37)39-21-12-15-33-29-49(30-41(33)39)36-16-5-4-6-17-36;/h4-24,26-30,50H,1-3H3;/q-1;. The number of aromatic hydroxyl groups is 1. The summed E-state index contributed by atoms with van der Waals surface area (Å²) in [5, 5.41) is 13.3. The number of benzene rings is 5. The van der Waals surface area contributed by atoms with Crippen molar-refractivity contribution in [2.45, 2.75) is 26.2 Å². The smallest absolute Gasteiger partial charge is 0.124 e. The monoisotopic (exact) mass is 841 g/mol. The summed E-state index contributed by atoms with van der Waals surface area (Å²) >= 11 is 0. The molecule has 0 fully saturated rings. The quantitative estimate of drug-likeness (QED) is 0.170. The molecule has 0 atom stereocenters. The Hall–Kier alpha value is -5.57. The van der Waals surface area contributed by atoms with Gasteiger partial charge >= 0.3 is 0 Å². The number of phenolic OH excluding ortho intramolecular Hbond substituents is 1. The van der Waals surface area contributed by atoms with E-state index in [0.717, 1.165) is 50.5 Å². The number of para-hydroxylation sites is 2. The second-order valence-corrected chi connectivity index (χ2v) is 13.7. The molecule has 0 saturated heterocycles. The van der Waals surface area contributed by atoms with Gasteiger partial charge in [-0.3, -0.25) is 9.97 Å². The van der Waals surface area contributed by atoms with E-state index in [1.54, 1.807) is 6.07 Å². The first-order chi connectivity index (χ1) is 24.3. The van der Waals surface area contributed by atoms with Crippen LogP contribution >= 0.6 is 0 Å². The van der Waals surface area contributed by atoms with Crippen LogP contribution in [0.1, 0.15) is 26.3 Å². The molecule has 0 bridgehead atoms. The van der Waals surface area contributed by atoms with Crippen LogP contribution in [-0.2, 0) is 26.5 Å². The third-order valence-corrected chi connectivity index (χ3v) is 9.25. The Bertz CT molecular complexity index is 2490. The van der Waals surface area contributed by atoms with Gasteiger partial charge in [-0.1, -0.05) is 117 Å². The van der Waals surface area contributed by atoms with E-state index >= 15 is 0 Å². The Morgan fingerprint density at radius 3 is 2.00 bits per heavy atom. The number of aromatic nitrogens is 3. The zero-order valence-electron chi connectivity index (χ0n) is 28.6. The molecule has 252 valence electrons. The molecule has 0 radical (unpaired) electrons. The average molecular weight is 842 g/mol. The van der Waals surface area contributed by atoms with E-state index in [-0.39, 0.29) is 32.2 Å². The fraction of sp³-hybridized carbons (Fsp3) is 0.0870. The summed E-state index contributed by atoms with van der Waals surface area (Å²) in [6.07, 6.45) is 6.27. The molecule has 0 spiro atoms. The largest absolute Gasteiger partial charge is 0.507 e. The molecule has 0 amide bonds. The van der Waals surface area contributed by atoms with Crippen molar-refractivity contribution in [1.29, 1.82) is 0 Å². The van der Waals surface area contributed by atoms with Gasteiger partial charge in [0.15, 0.2) is 0 Å². The van der Waals surface area contributed by atoms with E-state index in [9.17, 15) is 5.11 Å². The van der Waals surface area contributed by atoms with Crippen LogP contribution in [0.5, 0.6) is 5.75 Å². The van der Waals surface area contributed by atoms with Crippen LogP contribution < -0.4 is 0 Å². The molecule has 8 aromatic rings. The zero-order chi connectivity index (χ0) is 34.2. The fourth-order valence-electron chi connectivity index (χ4n) is 6.58. The van der Waals surface area contributed by atoms with Crippen molar-refractivity contribution >= 4 is 10.8 Å². The van der Waals surface area contributed by atoms with Crippen LogP contribution in [0.3, 0.4) is 0 Å². The first kappa shape index (κ1) is 33.9. The molecule has 0 aliphatic heterocycles. The Balaban J connectivity index is 0.00000406. The Labute approximate surface area is 313 Å². The van der Waals surface area contributed by atoms with Gasteiger partial charge in [0, 0.05) is 73.1 Å². The van der Waals surface area contributed by atoms with Crippen molar-refractivity contribution in [3.05, 3.63) is 170 Å². The van der Waals surface area contributed by atoms with Gasteiger partial charge in [-0.05, 0) is 69.6 Å². The second-order valence-electron chi connectivity index (χ2n) is 13.7. The molecule has 0 aliphatic rings. The van der Waals surface area contributed by atoms with Crippen molar-refractivity contribution in [3.63, 3.8) is 0 Å².